The van der Waals surface area contributed by atoms with Crippen molar-refractivity contribution in [2.45, 2.75) is 53.4 Å². The molecule has 0 saturated heterocycles. The number of nitrogen functional groups attached to an aromatic ring is 1. The number of hydrogen-bond donors (Lipinski definition) is 1. The van der Waals surface area contributed by atoms with Crippen LogP contribution in [0.15, 0.2) is 36.4 Å². The molecule has 0 aliphatic heterocycles. The van der Waals surface area contributed by atoms with E-state index in [0.29, 0.717) is 11.8 Å². The van der Waals surface area contributed by atoms with Gasteiger partial charge in [-0.1, -0.05) is 52.0 Å². The van der Waals surface area contributed by atoms with Crippen LogP contribution < -0.4 is 5.73 Å². The van der Waals surface area contributed by atoms with Gasteiger partial charge in [0.2, 0.25) is 0 Å². The van der Waals surface area contributed by atoms with Crippen LogP contribution in [0.25, 0.3) is 0 Å². The van der Waals surface area contributed by atoms with Gasteiger partial charge in [-0.05, 0) is 48.4 Å². The van der Waals surface area contributed by atoms with Crippen molar-refractivity contribution in [3.05, 3.63) is 68.8 Å². The highest BCUT2D eigenvalue weighted by atomic mass is 16.6. The molecule has 130 valence electrons. The van der Waals surface area contributed by atoms with Gasteiger partial charge in [-0.25, -0.2) is 0 Å². The lowest BCUT2D eigenvalue weighted by Gasteiger charge is -2.07. The molecule has 24 heavy (non-hydrogen) atoms. The third-order valence-electron chi connectivity index (χ3n) is 4.07. The molecular formula is C20H28N2O2. The smallest absolute Gasteiger partial charge is 0.272 e. The Morgan fingerprint density at radius 3 is 1.75 bits per heavy atom. The van der Waals surface area contributed by atoms with E-state index in [0.717, 1.165) is 22.4 Å². The van der Waals surface area contributed by atoms with Crippen LogP contribution in [-0.2, 0) is 0 Å². The largest absolute Gasteiger partial charge is 0.399 e. The number of benzene rings is 2. The van der Waals surface area contributed by atoms with E-state index in [1.54, 1.807) is 19.1 Å². The van der Waals surface area contributed by atoms with E-state index in [4.69, 9.17) is 5.73 Å². The van der Waals surface area contributed by atoms with Gasteiger partial charge in [-0.2, -0.15) is 0 Å². The summed E-state index contributed by atoms with van der Waals surface area (Å²) in [6.45, 7) is 12.2. The molecule has 4 nitrogen and oxygen atoms in total. The Hall–Kier alpha value is -2.36. The zero-order chi connectivity index (χ0) is 18.4. The molecule has 2 aromatic rings. The van der Waals surface area contributed by atoms with Crippen molar-refractivity contribution in [3.8, 4) is 0 Å². The van der Waals surface area contributed by atoms with Gasteiger partial charge in [0.25, 0.3) is 5.69 Å². The van der Waals surface area contributed by atoms with Crippen LogP contribution in [0.1, 0.15) is 61.8 Å². The van der Waals surface area contributed by atoms with Gasteiger partial charge in [0.05, 0.1) is 4.92 Å². The number of nitrogens with two attached hydrogens (primary N) is 1. The van der Waals surface area contributed by atoms with E-state index in [-0.39, 0.29) is 10.6 Å². The third kappa shape index (κ3) is 5.37. The topological polar surface area (TPSA) is 69.2 Å². The molecule has 0 unspecified atom stereocenters. The summed E-state index contributed by atoms with van der Waals surface area (Å²) in [5, 5.41) is 10.6. The van der Waals surface area contributed by atoms with E-state index in [2.05, 4.69) is 32.0 Å². The van der Waals surface area contributed by atoms with Crippen molar-refractivity contribution in [1.29, 1.82) is 0 Å². The Morgan fingerprint density at radius 1 is 0.875 bits per heavy atom. The minimum Gasteiger partial charge on any atom is -0.399 e. The normalized spacial score (nSPS) is 10.5. The van der Waals surface area contributed by atoms with Crippen molar-refractivity contribution in [1.82, 2.24) is 0 Å². The Bertz CT molecular complexity index is 707. The van der Waals surface area contributed by atoms with Crippen LogP contribution in [0.4, 0.5) is 11.4 Å². The molecular weight excluding hydrogens is 300 g/mol. The van der Waals surface area contributed by atoms with Crippen LogP contribution >= 0.6 is 0 Å². The number of nitrogens with zero attached hydrogens (tertiary/aromatic N) is 1. The van der Waals surface area contributed by atoms with Gasteiger partial charge < -0.3 is 5.73 Å². The van der Waals surface area contributed by atoms with Gasteiger partial charge in [-0.3, -0.25) is 10.1 Å². The molecule has 0 fully saturated rings. The molecule has 2 N–H and O–H groups in total. The summed E-state index contributed by atoms with van der Waals surface area (Å²) in [4.78, 5) is 10.3. The fraction of sp³-hybridized carbons (Fsp3) is 0.400. The average Bonchev–Trinajstić information content (AvgIpc) is 2.50. The first-order valence-corrected chi connectivity index (χ1v) is 8.24. The fourth-order valence-electron chi connectivity index (χ4n) is 2.20. The summed E-state index contributed by atoms with van der Waals surface area (Å²) in [5.74, 6) is 0.900. The van der Waals surface area contributed by atoms with Gasteiger partial charge in [0.15, 0.2) is 0 Å². The Morgan fingerprint density at radius 2 is 1.33 bits per heavy atom. The molecule has 0 aliphatic carbocycles. The van der Waals surface area contributed by atoms with E-state index in [1.165, 1.54) is 5.56 Å². The molecule has 2 aromatic carbocycles. The maximum absolute atomic E-state index is 10.6. The molecule has 4 heteroatoms. The summed E-state index contributed by atoms with van der Waals surface area (Å²) >= 11 is 0. The Labute approximate surface area is 144 Å². The zero-order valence-electron chi connectivity index (χ0n) is 15.5. The number of hydrogen-bond acceptors (Lipinski definition) is 3. The molecule has 2 rings (SSSR count). The number of aryl methyl sites for hydroxylation is 2. The Balaban J connectivity index is 0.000000243. The number of anilines is 1. The summed E-state index contributed by atoms with van der Waals surface area (Å²) in [6, 6.07) is 11.7. The zero-order valence-corrected chi connectivity index (χ0v) is 15.5. The number of nitro groups is 1. The lowest BCUT2D eigenvalue weighted by atomic mass is 10.0. The molecule has 0 spiro atoms. The second-order valence-electron chi connectivity index (χ2n) is 6.73. The molecule has 0 amide bonds. The molecule has 0 bridgehead atoms. The number of rotatable bonds is 3. The molecule has 0 heterocycles. The molecule has 0 radical (unpaired) electrons. The standard InChI is InChI=1S/C10H13NO2.C10H15N/c1-7(2)9-5-4-8(3)10(6-9)11(12)13;1-7(2)9-5-4-8(3)10(11)6-9/h4-7H,1-3H3;4-7H,11H2,1-3H3. The van der Waals surface area contributed by atoms with Gasteiger partial charge in [-0.15, -0.1) is 0 Å². The van der Waals surface area contributed by atoms with Crippen LogP contribution in [0.5, 0.6) is 0 Å². The highest BCUT2D eigenvalue weighted by Gasteiger charge is 2.11. The maximum Gasteiger partial charge on any atom is 0.272 e. The minimum absolute atomic E-state index is 0.214. The van der Waals surface area contributed by atoms with Gasteiger partial charge in [0, 0.05) is 17.3 Å². The summed E-state index contributed by atoms with van der Waals surface area (Å²) in [6.07, 6.45) is 0. The monoisotopic (exact) mass is 328 g/mol. The minimum atomic E-state index is -0.332. The van der Waals surface area contributed by atoms with Crippen molar-refractivity contribution in [2.75, 3.05) is 5.73 Å². The fourth-order valence-corrected chi connectivity index (χ4v) is 2.20. The first kappa shape index (κ1) is 19.7. The maximum atomic E-state index is 10.6. The van der Waals surface area contributed by atoms with Crippen molar-refractivity contribution >= 4 is 11.4 Å². The Kier molecular flexibility index (Phi) is 6.96. The molecule has 0 atom stereocenters. The highest BCUT2D eigenvalue weighted by Crippen LogP contribution is 2.23. The van der Waals surface area contributed by atoms with E-state index < -0.39 is 0 Å². The van der Waals surface area contributed by atoms with Crippen LogP contribution in [-0.4, -0.2) is 4.92 Å². The van der Waals surface area contributed by atoms with Crippen molar-refractivity contribution in [3.63, 3.8) is 0 Å². The van der Waals surface area contributed by atoms with Crippen LogP contribution in [0.2, 0.25) is 0 Å². The second kappa shape index (κ2) is 8.48. The second-order valence-corrected chi connectivity index (χ2v) is 6.73. The van der Waals surface area contributed by atoms with Crippen molar-refractivity contribution in [2.24, 2.45) is 0 Å². The number of nitro benzene ring substituents is 1. The van der Waals surface area contributed by atoms with E-state index in [9.17, 15) is 10.1 Å². The first-order valence-electron chi connectivity index (χ1n) is 8.24. The average molecular weight is 328 g/mol. The predicted molar refractivity (Wildman–Crippen MR) is 102 cm³/mol. The summed E-state index contributed by atoms with van der Waals surface area (Å²) in [5.41, 5.74) is 11.1. The van der Waals surface area contributed by atoms with E-state index in [1.807, 2.05) is 26.8 Å². The summed E-state index contributed by atoms with van der Waals surface area (Å²) in [7, 11) is 0. The van der Waals surface area contributed by atoms with Crippen molar-refractivity contribution < 1.29 is 4.92 Å². The molecule has 0 saturated carbocycles. The SMILES string of the molecule is Cc1ccc(C(C)C)cc1N.Cc1ccc(C(C)C)cc1[N+](=O)[O-]. The van der Waals surface area contributed by atoms with Gasteiger partial charge >= 0.3 is 0 Å². The van der Waals surface area contributed by atoms with E-state index >= 15 is 0 Å². The molecule has 0 aromatic heterocycles. The van der Waals surface area contributed by atoms with Gasteiger partial charge in [0.1, 0.15) is 0 Å². The van der Waals surface area contributed by atoms with Crippen LogP contribution in [0, 0.1) is 24.0 Å². The quantitative estimate of drug-likeness (QED) is 0.444. The third-order valence-corrected chi connectivity index (χ3v) is 4.07. The lowest BCUT2D eigenvalue weighted by Crippen LogP contribution is -1.94. The first-order chi connectivity index (χ1) is 11.1. The van der Waals surface area contributed by atoms with Crippen LogP contribution in [0.3, 0.4) is 0 Å². The lowest BCUT2D eigenvalue weighted by molar-refractivity contribution is -0.385. The molecule has 0 aliphatic rings. The highest BCUT2D eigenvalue weighted by molar-refractivity contribution is 5.48. The predicted octanol–water partition coefficient (Wildman–Crippen LogP) is 5.73. The summed E-state index contributed by atoms with van der Waals surface area (Å²) < 4.78 is 0.